The first kappa shape index (κ1) is 44.8. The van der Waals surface area contributed by atoms with Crippen molar-refractivity contribution in [1.29, 1.82) is 0 Å². The number of rotatable bonds is 19. The van der Waals surface area contributed by atoms with Crippen molar-refractivity contribution >= 4 is 68.0 Å². The van der Waals surface area contributed by atoms with E-state index >= 15 is 0 Å². The number of allylic oxidation sites excluding steroid dienone is 4. The van der Waals surface area contributed by atoms with Crippen molar-refractivity contribution in [3.05, 3.63) is 51.5 Å². The zero-order valence-electron chi connectivity index (χ0n) is 29.2. The number of ether oxygens (including phenoxy) is 1. The molecule has 1 aromatic rings. The van der Waals surface area contributed by atoms with Crippen molar-refractivity contribution in [3.8, 4) is 0 Å². The summed E-state index contributed by atoms with van der Waals surface area (Å²) in [5, 5.41) is 28.4. The van der Waals surface area contributed by atoms with Gasteiger partial charge in [-0.1, -0.05) is 28.3 Å². The fraction of sp³-hybridized carbons (Fsp3) is 0.586. The van der Waals surface area contributed by atoms with Crippen molar-refractivity contribution in [3.63, 3.8) is 0 Å². The van der Waals surface area contributed by atoms with Crippen molar-refractivity contribution in [2.75, 3.05) is 13.2 Å². The van der Waals surface area contributed by atoms with E-state index < -0.39 is 76.5 Å². The number of carbonyl (C=O) groups excluding carboxylic acids is 2. The monoisotopic (exact) mass is 860 g/mol. The second kappa shape index (κ2) is 20.5. The minimum atomic E-state index is -4.70. The number of H-pyrrole nitrogens is 1. The second-order valence-corrected chi connectivity index (χ2v) is 17.3. The van der Waals surface area contributed by atoms with E-state index in [4.69, 9.17) is 25.0 Å². The zero-order chi connectivity index (χ0) is 40.3. The third-order valence-electron chi connectivity index (χ3n) is 8.79. The van der Waals surface area contributed by atoms with Crippen LogP contribution in [0.15, 0.2) is 39.8 Å². The number of hydrogen-bond donors (Lipinski definition) is 5. The third-order valence-corrected chi connectivity index (χ3v) is 13.1. The number of amides is 1. The summed E-state index contributed by atoms with van der Waals surface area (Å²) < 4.78 is 84.4. The number of nitrogens with zero attached hydrogens (tertiary/aromatic N) is 3. The van der Waals surface area contributed by atoms with Gasteiger partial charge in [-0.3, -0.25) is 23.8 Å². The van der Waals surface area contributed by atoms with E-state index in [1.54, 1.807) is 6.92 Å². The lowest BCUT2D eigenvalue weighted by molar-refractivity contribution is -0.432. The number of aromatic amines is 1. The van der Waals surface area contributed by atoms with Crippen LogP contribution in [-0.4, -0.2) is 109 Å². The van der Waals surface area contributed by atoms with Crippen LogP contribution >= 0.6 is 24.1 Å². The fourth-order valence-corrected chi connectivity index (χ4v) is 9.88. The van der Waals surface area contributed by atoms with Gasteiger partial charge in [-0.15, -0.1) is 8.67 Å². The molecule has 1 aliphatic heterocycles. The maximum atomic E-state index is 13.7. The molecule has 1 aromatic heterocycles. The Bertz CT molecular complexity index is 1910. The highest BCUT2D eigenvalue weighted by molar-refractivity contribution is 7.95. The Labute approximate surface area is 323 Å². The Morgan fingerprint density at radius 3 is 2.04 bits per heavy atom. The Hall–Kier alpha value is -2.96. The Kier molecular flexibility index (Phi) is 16.6. The molecule has 4 rings (SSSR count). The van der Waals surface area contributed by atoms with Crippen LogP contribution in [0.4, 0.5) is 0 Å². The second-order valence-electron chi connectivity index (χ2n) is 12.1. The van der Waals surface area contributed by atoms with E-state index in [1.165, 1.54) is 37.3 Å². The predicted octanol–water partition coefficient (Wildman–Crippen LogP) is 2.57. The highest BCUT2D eigenvalue weighted by atomic mass is 32.2. The van der Waals surface area contributed by atoms with E-state index in [1.807, 2.05) is 0 Å². The molecule has 3 aliphatic rings. The molecule has 2 fully saturated rings. The zero-order valence-corrected chi connectivity index (χ0v) is 32.5. The lowest BCUT2D eigenvalue weighted by Gasteiger charge is -2.36. The maximum Gasteiger partial charge on any atom is 0.359 e. The van der Waals surface area contributed by atoms with Crippen LogP contribution in [0, 0.1) is 0 Å². The molecule has 0 radical (unpaired) electrons. The number of esters is 1. The highest BCUT2D eigenvalue weighted by Gasteiger charge is 2.48. The van der Waals surface area contributed by atoms with E-state index in [0.717, 1.165) is 9.69 Å². The van der Waals surface area contributed by atoms with Gasteiger partial charge in [-0.25, -0.2) is 34.8 Å². The largest absolute Gasteiger partial charge is 0.461 e. The van der Waals surface area contributed by atoms with Gasteiger partial charge in [-0.2, -0.15) is 21.9 Å². The number of carbonyl (C=O) groups is 2. The van der Waals surface area contributed by atoms with Crippen LogP contribution in [0.3, 0.4) is 0 Å². The van der Waals surface area contributed by atoms with Gasteiger partial charge in [0.05, 0.1) is 42.1 Å². The average Bonchev–Trinajstić information content (AvgIpc) is 3.63. The molecular weight excluding hydrogens is 821 g/mol. The van der Waals surface area contributed by atoms with E-state index in [-0.39, 0.29) is 75.2 Å². The summed E-state index contributed by atoms with van der Waals surface area (Å²) in [4.78, 5) is 50.4. The summed E-state index contributed by atoms with van der Waals surface area (Å²) in [6.45, 7) is 3.01. The van der Waals surface area contributed by atoms with Crippen LogP contribution in [0.25, 0.3) is 6.08 Å². The summed E-state index contributed by atoms with van der Waals surface area (Å²) in [5.74, 6) is -1.86. The third kappa shape index (κ3) is 11.6. The quantitative estimate of drug-likeness (QED) is 0.0195. The Morgan fingerprint density at radius 1 is 0.873 bits per heavy atom. The van der Waals surface area contributed by atoms with Gasteiger partial charge in [0.2, 0.25) is 0 Å². The molecule has 55 heavy (non-hydrogen) atoms. The number of aromatic nitrogens is 2. The van der Waals surface area contributed by atoms with Gasteiger partial charge < -0.3 is 4.74 Å². The molecule has 26 heteroatoms. The predicted molar refractivity (Wildman–Crippen MR) is 192 cm³/mol. The van der Waals surface area contributed by atoms with Gasteiger partial charge in [0, 0.05) is 34.6 Å². The van der Waals surface area contributed by atoms with Crippen LogP contribution in [0.5, 0.6) is 0 Å². The molecule has 22 nitrogen and oxygen atoms in total. The lowest BCUT2D eigenvalue weighted by Crippen LogP contribution is -2.50. The SMILES string of the molecule is CCOOCc1[nH]n(C2CC(SOOO)CCC2S(=O)(=O)O)c(=O)c1\C=C/C=C/C=C1/C(=O)N(C2CC(SOOO)CCC2S(=O)(=O)O)N=C1C(=O)OCC. The van der Waals surface area contributed by atoms with E-state index in [9.17, 15) is 40.3 Å². The molecule has 2 saturated carbocycles. The van der Waals surface area contributed by atoms with Crippen molar-refractivity contribution < 1.29 is 79.3 Å². The topological polar surface area (TPSA) is 301 Å². The summed E-state index contributed by atoms with van der Waals surface area (Å²) in [6, 6.07) is -2.35. The minimum Gasteiger partial charge on any atom is -0.461 e. The summed E-state index contributed by atoms with van der Waals surface area (Å²) in [7, 11) is -9.32. The molecule has 0 bridgehead atoms. The molecule has 6 unspecified atom stereocenters. The van der Waals surface area contributed by atoms with E-state index in [0.29, 0.717) is 24.1 Å². The van der Waals surface area contributed by atoms with Gasteiger partial charge in [0.25, 0.3) is 31.7 Å². The average molecular weight is 861 g/mol. The van der Waals surface area contributed by atoms with Crippen molar-refractivity contribution in [1.82, 2.24) is 14.8 Å². The van der Waals surface area contributed by atoms with Gasteiger partial charge in [0.1, 0.15) is 17.1 Å². The van der Waals surface area contributed by atoms with E-state index in [2.05, 4.69) is 28.9 Å². The molecule has 2 heterocycles. The smallest absolute Gasteiger partial charge is 0.359 e. The maximum absolute atomic E-state index is 13.7. The first-order valence-electron chi connectivity index (χ1n) is 16.6. The Balaban J connectivity index is 1.65. The van der Waals surface area contributed by atoms with Crippen molar-refractivity contribution in [2.24, 2.45) is 5.10 Å². The van der Waals surface area contributed by atoms with Crippen LogP contribution < -0.4 is 5.56 Å². The van der Waals surface area contributed by atoms with Crippen LogP contribution in [0.2, 0.25) is 0 Å². The first-order valence-corrected chi connectivity index (χ1v) is 21.2. The normalized spacial score (nSPS) is 26.1. The fourth-order valence-electron chi connectivity index (χ4n) is 6.45. The standard InChI is InChI=1S/C29H40N4O18S4/c1-3-45-29(36)26-20(28(35)33(31-26)23-15-18(53-51-49-38)11-13-25(23)55(42,43)44)9-7-5-6-8-19-21(16-47-46-4-2)30-32(27(19)34)22-14-17(52-50-48-37)10-12-24(22)54(39,40)41/h5-9,17-18,22-25,30,37-38H,3-4,10-16H2,1-2H3,(H,39,40,41)(H,42,43,44)/b7-5+,8-6-,20-9+. The molecule has 0 aromatic carbocycles. The molecule has 308 valence electrons. The number of hydrogen-bond acceptors (Lipinski definition) is 19. The summed E-state index contributed by atoms with van der Waals surface area (Å²) >= 11 is 1.39. The van der Waals surface area contributed by atoms with Gasteiger partial charge >= 0.3 is 5.97 Å². The molecule has 2 aliphatic carbocycles. The van der Waals surface area contributed by atoms with Crippen LogP contribution in [-0.2, 0) is 69.7 Å². The molecular formula is C29H40N4O18S4. The molecule has 0 saturated heterocycles. The number of nitrogens with one attached hydrogen (secondary N) is 1. The molecule has 1 amide bonds. The first-order chi connectivity index (χ1) is 26.2. The highest BCUT2D eigenvalue weighted by Crippen LogP contribution is 2.39. The molecule has 0 spiro atoms. The van der Waals surface area contributed by atoms with Crippen LogP contribution in [0.1, 0.15) is 69.7 Å². The lowest BCUT2D eigenvalue weighted by atomic mass is 9.93. The minimum absolute atomic E-state index is 0.00682. The van der Waals surface area contributed by atoms with Gasteiger partial charge in [-0.05, 0) is 64.5 Å². The number of hydrazone groups is 1. The van der Waals surface area contributed by atoms with Gasteiger partial charge in [0.15, 0.2) is 5.71 Å². The molecule has 6 atom stereocenters. The summed E-state index contributed by atoms with van der Waals surface area (Å²) in [6.07, 6.45) is 6.87. The molecule has 5 N–H and O–H groups in total. The Morgan fingerprint density at radius 2 is 1.47 bits per heavy atom. The summed E-state index contributed by atoms with van der Waals surface area (Å²) in [5.41, 5.74) is -1.20. The van der Waals surface area contributed by atoms with Crippen molar-refractivity contribution in [2.45, 2.75) is 92.1 Å².